The van der Waals surface area contributed by atoms with Crippen molar-refractivity contribution in [3.63, 3.8) is 0 Å². The Morgan fingerprint density at radius 1 is 1.29 bits per heavy atom. The van der Waals surface area contributed by atoms with Crippen LogP contribution in [0.3, 0.4) is 0 Å². The Bertz CT molecular complexity index is 194. The van der Waals surface area contributed by atoms with Crippen LogP contribution in [0.4, 0.5) is 0 Å². The summed E-state index contributed by atoms with van der Waals surface area (Å²) in [6.45, 7) is 4.96. The average Bonchev–Trinajstić information content (AvgIpc) is 2.61. The Morgan fingerprint density at radius 2 is 1.86 bits per heavy atom. The van der Waals surface area contributed by atoms with Crippen LogP contribution in [0, 0.1) is 29.6 Å². The molecule has 0 amide bonds. The van der Waals surface area contributed by atoms with Crippen molar-refractivity contribution in [2.75, 3.05) is 6.54 Å². The number of rotatable bonds is 4. The van der Waals surface area contributed by atoms with Gasteiger partial charge in [-0.25, -0.2) is 0 Å². The molecule has 82 valence electrons. The molecule has 0 spiro atoms. The molecule has 0 bridgehead atoms. The number of hydrogen-bond donors (Lipinski definition) is 2. The maximum Gasteiger partial charge on any atom is 0.0616 e. The van der Waals surface area contributed by atoms with E-state index in [0.717, 1.165) is 11.8 Å². The molecule has 0 aromatic rings. The molecule has 3 N–H and O–H groups in total. The summed E-state index contributed by atoms with van der Waals surface area (Å²) in [6.07, 6.45) is 3.95. The molecule has 4 unspecified atom stereocenters. The minimum absolute atomic E-state index is 0.129. The second-order valence-corrected chi connectivity index (χ2v) is 5.47. The molecule has 4 atom stereocenters. The van der Waals surface area contributed by atoms with Crippen molar-refractivity contribution in [3.05, 3.63) is 0 Å². The minimum Gasteiger partial charge on any atom is -0.392 e. The summed E-state index contributed by atoms with van der Waals surface area (Å²) in [5.41, 5.74) is 5.73. The van der Waals surface area contributed by atoms with Crippen LogP contribution in [0.5, 0.6) is 0 Å². The minimum atomic E-state index is -0.129. The van der Waals surface area contributed by atoms with Gasteiger partial charge in [-0.3, -0.25) is 0 Å². The monoisotopic (exact) mass is 197 g/mol. The highest BCUT2D eigenvalue weighted by Crippen LogP contribution is 2.60. The Morgan fingerprint density at radius 3 is 2.29 bits per heavy atom. The SMILES string of the molecule is CC(C)C(CN)C(O)C1C2CCCC21. The van der Waals surface area contributed by atoms with Gasteiger partial charge in [0.1, 0.15) is 0 Å². The first-order valence-corrected chi connectivity index (χ1v) is 6.05. The Balaban J connectivity index is 1.91. The lowest BCUT2D eigenvalue weighted by Gasteiger charge is -2.26. The van der Waals surface area contributed by atoms with E-state index < -0.39 is 0 Å². The Hall–Kier alpha value is -0.0800. The van der Waals surface area contributed by atoms with Crippen molar-refractivity contribution in [1.29, 1.82) is 0 Å². The van der Waals surface area contributed by atoms with Gasteiger partial charge >= 0.3 is 0 Å². The first-order valence-electron chi connectivity index (χ1n) is 6.05. The van der Waals surface area contributed by atoms with Gasteiger partial charge in [-0.05, 0) is 49.0 Å². The fraction of sp³-hybridized carbons (Fsp3) is 1.00. The molecule has 2 rings (SSSR count). The average molecular weight is 197 g/mol. The van der Waals surface area contributed by atoms with Gasteiger partial charge < -0.3 is 10.8 Å². The summed E-state index contributed by atoms with van der Waals surface area (Å²) in [6, 6.07) is 0. The van der Waals surface area contributed by atoms with Crippen molar-refractivity contribution in [2.45, 2.75) is 39.2 Å². The molecule has 0 aromatic carbocycles. The summed E-state index contributed by atoms with van der Waals surface area (Å²) in [4.78, 5) is 0. The van der Waals surface area contributed by atoms with Crippen LogP contribution < -0.4 is 5.73 Å². The highest BCUT2D eigenvalue weighted by molar-refractivity contribution is 5.05. The van der Waals surface area contributed by atoms with Gasteiger partial charge in [-0.1, -0.05) is 20.3 Å². The van der Waals surface area contributed by atoms with Gasteiger partial charge in [-0.15, -0.1) is 0 Å². The zero-order valence-electron chi connectivity index (χ0n) is 9.32. The van der Waals surface area contributed by atoms with E-state index in [4.69, 9.17) is 5.73 Å². The van der Waals surface area contributed by atoms with E-state index in [1.807, 2.05) is 0 Å². The Kier molecular flexibility index (Phi) is 2.85. The standard InChI is InChI=1S/C12H23NO/c1-7(2)10(6-13)12(14)11-8-4-3-5-9(8)11/h7-12,14H,3-6,13H2,1-2H3. The number of nitrogens with two attached hydrogens (primary N) is 1. The van der Waals surface area contributed by atoms with E-state index in [0.29, 0.717) is 24.3 Å². The topological polar surface area (TPSA) is 46.2 Å². The number of aliphatic hydroxyl groups is 1. The first kappa shape index (κ1) is 10.4. The maximum atomic E-state index is 10.2. The van der Waals surface area contributed by atoms with Crippen molar-refractivity contribution in [1.82, 2.24) is 0 Å². The van der Waals surface area contributed by atoms with Gasteiger partial charge in [0.2, 0.25) is 0 Å². The van der Waals surface area contributed by atoms with Gasteiger partial charge in [0.25, 0.3) is 0 Å². The molecule has 2 aliphatic carbocycles. The van der Waals surface area contributed by atoms with Gasteiger partial charge in [0.15, 0.2) is 0 Å². The lowest BCUT2D eigenvalue weighted by atomic mass is 9.86. The predicted molar refractivity (Wildman–Crippen MR) is 57.7 cm³/mol. The number of fused-ring (bicyclic) bond motifs is 1. The largest absolute Gasteiger partial charge is 0.392 e. The van der Waals surface area contributed by atoms with E-state index in [9.17, 15) is 5.11 Å². The van der Waals surface area contributed by atoms with Crippen LogP contribution >= 0.6 is 0 Å². The predicted octanol–water partition coefficient (Wildman–Crippen LogP) is 1.62. The van der Waals surface area contributed by atoms with E-state index in [1.165, 1.54) is 19.3 Å². The summed E-state index contributed by atoms with van der Waals surface area (Å²) in [5.74, 6) is 3.11. The smallest absolute Gasteiger partial charge is 0.0616 e. The molecular weight excluding hydrogens is 174 g/mol. The lowest BCUT2D eigenvalue weighted by molar-refractivity contribution is 0.0554. The molecule has 2 saturated carbocycles. The van der Waals surface area contributed by atoms with Crippen LogP contribution in [0.15, 0.2) is 0 Å². The third-order valence-corrected chi connectivity index (χ3v) is 4.43. The molecule has 2 nitrogen and oxygen atoms in total. The van der Waals surface area contributed by atoms with Gasteiger partial charge in [-0.2, -0.15) is 0 Å². The van der Waals surface area contributed by atoms with E-state index in [1.54, 1.807) is 0 Å². The second kappa shape index (κ2) is 3.82. The summed E-state index contributed by atoms with van der Waals surface area (Å²) in [5, 5.41) is 10.2. The van der Waals surface area contributed by atoms with E-state index in [-0.39, 0.29) is 6.10 Å². The lowest BCUT2D eigenvalue weighted by Crippen LogP contribution is -2.34. The molecule has 14 heavy (non-hydrogen) atoms. The van der Waals surface area contributed by atoms with Crippen molar-refractivity contribution >= 4 is 0 Å². The van der Waals surface area contributed by atoms with Crippen LogP contribution in [-0.2, 0) is 0 Å². The highest BCUT2D eigenvalue weighted by Gasteiger charge is 2.56. The number of aliphatic hydroxyl groups excluding tert-OH is 1. The zero-order valence-corrected chi connectivity index (χ0v) is 9.32. The molecule has 0 saturated heterocycles. The van der Waals surface area contributed by atoms with Crippen molar-refractivity contribution < 1.29 is 5.11 Å². The van der Waals surface area contributed by atoms with Crippen molar-refractivity contribution in [3.8, 4) is 0 Å². The van der Waals surface area contributed by atoms with Crippen molar-refractivity contribution in [2.24, 2.45) is 35.3 Å². The molecular formula is C12H23NO. The van der Waals surface area contributed by atoms with E-state index in [2.05, 4.69) is 13.8 Å². The van der Waals surface area contributed by atoms with Gasteiger partial charge in [0, 0.05) is 0 Å². The fourth-order valence-corrected chi connectivity index (χ4v) is 3.47. The maximum absolute atomic E-state index is 10.2. The third-order valence-electron chi connectivity index (χ3n) is 4.43. The molecule has 2 fully saturated rings. The molecule has 2 heteroatoms. The highest BCUT2D eigenvalue weighted by atomic mass is 16.3. The second-order valence-electron chi connectivity index (χ2n) is 5.47. The Labute approximate surface area is 86.9 Å². The van der Waals surface area contributed by atoms with E-state index >= 15 is 0 Å². The molecule has 2 aliphatic rings. The molecule has 0 aromatic heterocycles. The zero-order chi connectivity index (χ0) is 10.3. The summed E-state index contributed by atoms with van der Waals surface area (Å²) >= 11 is 0. The van der Waals surface area contributed by atoms with Crippen LogP contribution in [0.25, 0.3) is 0 Å². The number of hydrogen-bond acceptors (Lipinski definition) is 2. The summed E-state index contributed by atoms with van der Waals surface area (Å²) < 4.78 is 0. The normalized spacial score (nSPS) is 39.6. The van der Waals surface area contributed by atoms with Gasteiger partial charge in [0.05, 0.1) is 6.10 Å². The molecule has 0 radical (unpaired) electrons. The molecule has 0 heterocycles. The van der Waals surface area contributed by atoms with Crippen LogP contribution in [0.1, 0.15) is 33.1 Å². The fourth-order valence-electron chi connectivity index (χ4n) is 3.47. The summed E-state index contributed by atoms with van der Waals surface area (Å²) in [7, 11) is 0. The quantitative estimate of drug-likeness (QED) is 0.719. The molecule has 0 aliphatic heterocycles. The first-order chi connectivity index (χ1) is 6.66. The van der Waals surface area contributed by atoms with Crippen LogP contribution in [-0.4, -0.2) is 17.8 Å². The van der Waals surface area contributed by atoms with Crippen LogP contribution in [0.2, 0.25) is 0 Å². The third kappa shape index (κ3) is 1.59.